The van der Waals surface area contributed by atoms with Crippen LogP contribution in [-0.2, 0) is 15.1 Å². The van der Waals surface area contributed by atoms with Crippen molar-refractivity contribution in [3.05, 3.63) is 74.6 Å². The summed E-state index contributed by atoms with van der Waals surface area (Å²) in [5.74, 6) is -0.764. The van der Waals surface area contributed by atoms with Crippen LogP contribution in [0.4, 0.5) is 5.69 Å². The highest BCUT2D eigenvalue weighted by molar-refractivity contribution is 6.17. The van der Waals surface area contributed by atoms with Crippen LogP contribution < -0.4 is 10.3 Å². The van der Waals surface area contributed by atoms with Gasteiger partial charge in [0, 0.05) is 32.4 Å². The van der Waals surface area contributed by atoms with Gasteiger partial charge in [0.15, 0.2) is 11.0 Å². The molecule has 0 radical (unpaired) electrons. The highest BCUT2D eigenvalue weighted by Gasteiger charge is 2.64. The van der Waals surface area contributed by atoms with E-state index in [2.05, 4.69) is 0 Å². The van der Waals surface area contributed by atoms with E-state index in [0.29, 0.717) is 36.1 Å². The predicted octanol–water partition coefficient (Wildman–Crippen LogP) is 3.90. The number of carbonyl (C=O) groups is 2. The number of hydrogen-bond acceptors (Lipinski definition) is 5. The Morgan fingerprint density at radius 3 is 2.50 bits per heavy atom. The Morgan fingerprint density at radius 2 is 1.76 bits per heavy atom. The van der Waals surface area contributed by atoms with Crippen LogP contribution in [0.15, 0.2) is 45.6 Å². The molecule has 1 spiro atoms. The molecule has 34 heavy (non-hydrogen) atoms. The normalized spacial score (nSPS) is 18.9. The number of hydrogen-bond donors (Lipinski definition) is 0. The van der Waals surface area contributed by atoms with E-state index < -0.39 is 11.4 Å². The molecule has 0 saturated heterocycles. The van der Waals surface area contributed by atoms with Gasteiger partial charge in [0.05, 0.1) is 16.6 Å². The molecule has 3 heterocycles. The first-order valence-electron chi connectivity index (χ1n) is 11.7. The van der Waals surface area contributed by atoms with Crippen LogP contribution in [0.2, 0.25) is 0 Å². The van der Waals surface area contributed by atoms with E-state index in [-0.39, 0.29) is 29.2 Å². The quantitative estimate of drug-likeness (QED) is 0.521. The lowest BCUT2D eigenvalue weighted by Gasteiger charge is -2.34. The van der Waals surface area contributed by atoms with E-state index in [0.717, 1.165) is 23.2 Å². The molecule has 176 valence electrons. The van der Waals surface area contributed by atoms with Crippen LogP contribution in [0.25, 0.3) is 11.0 Å². The van der Waals surface area contributed by atoms with Crippen LogP contribution in [0.5, 0.6) is 0 Å². The van der Waals surface area contributed by atoms with Crippen molar-refractivity contribution >= 4 is 28.5 Å². The van der Waals surface area contributed by atoms with Gasteiger partial charge in [-0.3, -0.25) is 14.4 Å². The van der Waals surface area contributed by atoms with Crippen LogP contribution in [0, 0.1) is 13.8 Å². The van der Waals surface area contributed by atoms with Crippen LogP contribution in [0.1, 0.15) is 52.6 Å². The van der Waals surface area contributed by atoms with Crippen molar-refractivity contribution in [2.45, 2.75) is 39.2 Å². The summed E-state index contributed by atoms with van der Waals surface area (Å²) in [6.45, 7) is 7.03. The molecule has 7 heteroatoms. The first kappa shape index (κ1) is 22.3. The summed E-state index contributed by atoms with van der Waals surface area (Å²) in [4.78, 5) is 45.3. The fourth-order valence-electron chi connectivity index (χ4n) is 5.36. The summed E-state index contributed by atoms with van der Waals surface area (Å²) >= 11 is 0. The molecule has 7 nitrogen and oxygen atoms in total. The Kier molecular flexibility index (Phi) is 5.32. The molecule has 0 N–H and O–H groups in total. The number of aryl methyl sites for hydroxylation is 2. The van der Waals surface area contributed by atoms with E-state index in [1.807, 2.05) is 45.0 Å². The van der Waals surface area contributed by atoms with E-state index in [9.17, 15) is 14.4 Å². The van der Waals surface area contributed by atoms with Gasteiger partial charge >= 0.3 is 0 Å². The van der Waals surface area contributed by atoms with Crippen molar-refractivity contribution in [3.63, 3.8) is 0 Å². The Morgan fingerprint density at radius 1 is 1.03 bits per heavy atom. The second-order valence-electron chi connectivity index (χ2n) is 9.06. The number of anilines is 1. The Balaban J connectivity index is 1.87. The third-order valence-electron chi connectivity index (χ3n) is 7.03. The molecule has 2 amide bonds. The van der Waals surface area contributed by atoms with Gasteiger partial charge in [-0.1, -0.05) is 25.1 Å². The first-order valence-corrected chi connectivity index (χ1v) is 11.7. The van der Waals surface area contributed by atoms with Crippen molar-refractivity contribution in [1.82, 2.24) is 4.90 Å². The fourth-order valence-corrected chi connectivity index (χ4v) is 5.36. The molecule has 0 unspecified atom stereocenters. The minimum atomic E-state index is -1.54. The summed E-state index contributed by atoms with van der Waals surface area (Å²) < 4.78 is 11.3. The van der Waals surface area contributed by atoms with Gasteiger partial charge < -0.3 is 19.0 Å². The number of methoxy groups -OCH3 is 1. The monoisotopic (exact) mass is 460 g/mol. The molecule has 2 aliphatic rings. The average molecular weight is 461 g/mol. The largest absolute Gasteiger partial charge is 0.450 e. The summed E-state index contributed by atoms with van der Waals surface area (Å²) in [7, 11) is 1.60. The highest BCUT2D eigenvalue weighted by atomic mass is 16.5. The third-order valence-corrected chi connectivity index (χ3v) is 7.03. The van der Waals surface area contributed by atoms with E-state index in [4.69, 9.17) is 9.15 Å². The Labute approximate surface area is 197 Å². The molecule has 1 atom stereocenters. The first-order chi connectivity index (χ1) is 16.4. The van der Waals surface area contributed by atoms with Gasteiger partial charge in [-0.25, -0.2) is 0 Å². The third kappa shape index (κ3) is 2.83. The number of carbonyl (C=O) groups excluding carboxylic acids is 2. The van der Waals surface area contributed by atoms with E-state index >= 15 is 0 Å². The number of benzene rings is 2. The molecular weight excluding hydrogens is 432 g/mol. The van der Waals surface area contributed by atoms with Gasteiger partial charge in [0.25, 0.3) is 11.8 Å². The zero-order valence-electron chi connectivity index (χ0n) is 19.9. The molecule has 1 aromatic heterocycles. The maximum Gasteiger partial charge on any atom is 0.291 e. The number of para-hydroxylation sites is 1. The summed E-state index contributed by atoms with van der Waals surface area (Å²) in [6, 6.07) is 11.0. The molecule has 0 aliphatic carbocycles. The molecule has 0 saturated carbocycles. The molecule has 5 rings (SSSR count). The van der Waals surface area contributed by atoms with Crippen molar-refractivity contribution in [2.75, 3.05) is 31.7 Å². The average Bonchev–Trinajstić information content (AvgIpc) is 3.21. The summed E-state index contributed by atoms with van der Waals surface area (Å²) in [5.41, 5.74) is 1.90. The molecule has 2 aromatic carbocycles. The van der Waals surface area contributed by atoms with E-state index in [1.54, 1.807) is 24.1 Å². The highest BCUT2D eigenvalue weighted by Crippen LogP contribution is 2.52. The van der Waals surface area contributed by atoms with Crippen molar-refractivity contribution < 1.29 is 18.7 Å². The number of rotatable bonds is 6. The van der Waals surface area contributed by atoms with E-state index in [1.165, 1.54) is 4.90 Å². The number of ether oxygens (including phenoxy) is 1. The van der Waals surface area contributed by atoms with Crippen LogP contribution >= 0.6 is 0 Å². The number of fused-ring (bicyclic) bond motifs is 5. The van der Waals surface area contributed by atoms with Crippen LogP contribution in [-0.4, -0.2) is 43.5 Å². The van der Waals surface area contributed by atoms with Gasteiger partial charge in [-0.05, 0) is 56.0 Å². The van der Waals surface area contributed by atoms with Gasteiger partial charge in [0.1, 0.15) is 5.58 Å². The standard InChI is InChI=1S/C27H28N2O5/c1-5-11-28-20-10-7-6-9-19(20)27(26(28)32)22-23(30)18-14-16(2)17(3)15-21(18)34-24(22)25(31)29(27)12-8-13-33-4/h6-7,9-10,14-15H,5,8,11-13H2,1-4H3/t27-/m0/s1. The molecular formula is C27H28N2O5. The summed E-state index contributed by atoms with van der Waals surface area (Å²) in [6.07, 6.45) is 1.26. The second-order valence-corrected chi connectivity index (χ2v) is 9.06. The lowest BCUT2D eigenvalue weighted by atomic mass is 9.83. The van der Waals surface area contributed by atoms with Gasteiger partial charge in [0.2, 0.25) is 5.76 Å². The van der Waals surface area contributed by atoms with Crippen molar-refractivity contribution in [1.29, 1.82) is 0 Å². The summed E-state index contributed by atoms with van der Waals surface area (Å²) in [5, 5.41) is 0.381. The number of amides is 2. The zero-order valence-corrected chi connectivity index (χ0v) is 19.9. The minimum Gasteiger partial charge on any atom is -0.450 e. The number of nitrogens with zero attached hydrogens (tertiary/aromatic N) is 2. The molecule has 0 fully saturated rings. The zero-order chi connectivity index (χ0) is 24.2. The Bertz CT molecular complexity index is 1390. The Hall–Kier alpha value is -3.45. The lowest BCUT2D eigenvalue weighted by Crippen LogP contribution is -2.53. The van der Waals surface area contributed by atoms with Crippen LogP contribution in [0.3, 0.4) is 0 Å². The molecule has 2 aliphatic heterocycles. The maximum absolute atomic E-state index is 14.3. The maximum atomic E-state index is 14.3. The predicted molar refractivity (Wildman–Crippen MR) is 129 cm³/mol. The van der Waals surface area contributed by atoms with Gasteiger partial charge in [-0.2, -0.15) is 0 Å². The SMILES string of the molecule is CCCN1C(=O)[C@]2(c3ccccc31)c1c(oc3cc(C)c(C)cc3c1=O)C(=O)N2CCCOC. The van der Waals surface area contributed by atoms with Gasteiger partial charge in [-0.15, -0.1) is 0 Å². The molecule has 3 aromatic rings. The minimum absolute atomic E-state index is 0.0420. The second kappa shape index (κ2) is 8.09. The molecule has 0 bridgehead atoms. The van der Waals surface area contributed by atoms with Crippen molar-refractivity contribution in [3.8, 4) is 0 Å². The topological polar surface area (TPSA) is 80.1 Å². The smallest absolute Gasteiger partial charge is 0.291 e. The fraction of sp³-hybridized carbons (Fsp3) is 0.370. The lowest BCUT2D eigenvalue weighted by molar-refractivity contribution is -0.126. The van der Waals surface area contributed by atoms with Crippen molar-refractivity contribution in [2.24, 2.45) is 0 Å².